The molecule has 5 nitrogen and oxygen atoms in total. The summed E-state index contributed by atoms with van der Waals surface area (Å²) in [6.45, 7) is 0.00359. The molecule has 0 saturated heterocycles. The Morgan fingerprint density at radius 1 is 1.23 bits per heavy atom. The molecule has 0 spiro atoms. The second-order valence-corrected chi connectivity index (χ2v) is 8.30. The van der Waals surface area contributed by atoms with Crippen LogP contribution in [-0.4, -0.2) is 28.0 Å². The first-order chi connectivity index (χ1) is 14.3. The van der Waals surface area contributed by atoms with Crippen molar-refractivity contribution in [2.75, 3.05) is 7.11 Å². The largest absolute Gasteiger partial charge is 0.497 e. The molecule has 9 heteroatoms. The lowest BCUT2D eigenvalue weighted by molar-refractivity contribution is -0.0548. The van der Waals surface area contributed by atoms with Gasteiger partial charge in [0.2, 0.25) is 0 Å². The molecular weight excluding hydrogens is 498 g/mol. The lowest BCUT2D eigenvalue weighted by Gasteiger charge is -2.35. The molecule has 1 aliphatic heterocycles. The van der Waals surface area contributed by atoms with Crippen molar-refractivity contribution in [1.29, 1.82) is 0 Å². The van der Waals surface area contributed by atoms with Gasteiger partial charge in [0.05, 0.1) is 12.7 Å². The molecule has 1 atom stereocenters. The fourth-order valence-corrected chi connectivity index (χ4v) is 4.61. The quantitative estimate of drug-likeness (QED) is 0.492. The van der Waals surface area contributed by atoms with Gasteiger partial charge in [-0.2, -0.15) is 0 Å². The van der Waals surface area contributed by atoms with Crippen LogP contribution in [0.4, 0.5) is 4.39 Å². The molecule has 1 N–H and O–H groups in total. The van der Waals surface area contributed by atoms with Gasteiger partial charge >= 0.3 is 0 Å². The third kappa shape index (κ3) is 3.26. The summed E-state index contributed by atoms with van der Waals surface area (Å²) in [5.74, 6) is -0.514. The number of nitrogens with zero attached hydrogens (tertiary/aromatic N) is 2. The van der Waals surface area contributed by atoms with E-state index in [9.17, 15) is 14.3 Å². The van der Waals surface area contributed by atoms with Crippen molar-refractivity contribution in [1.82, 2.24) is 9.88 Å². The number of carbonyl (C=O) groups excluding carboxylic acids is 1. The van der Waals surface area contributed by atoms with Gasteiger partial charge in [0.1, 0.15) is 16.7 Å². The van der Waals surface area contributed by atoms with Crippen LogP contribution < -0.4 is 4.74 Å². The van der Waals surface area contributed by atoms with E-state index in [0.29, 0.717) is 15.8 Å². The monoisotopic (exact) mass is 510 g/mol. The number of methoxy groups -OCH3 is 1. The van der Waals surface area contributed by atoms with Crippen LogP contribution in [0.1, 0.15) is 27.0 Å². The van der Waals surface area contributed by atoms with Crippen molar-refractivity contribution in [3.63, 3.8) is 0 Å². The highest BCUT2D eigenvalue weighted by molar-refractivity contribution is 9.10. The second-order valence-electron chi connectivity index (χ2n) is 6.68. The summed E-state index contributed by atoms with van der Waals surface area (Å²) >= 11 is 15.9. The van der Waals surface area contributed by atoms with Crippen LogP contribution in [0.15, 0.2) is 53.1 Å². The van der Waals surface area contributed by atoms with Crippen molar-refractivity contribution in [2.45, 2.75) is 12.3 Å². The minimum Gasteiger partial charge on any atom is -0.497 e. The molecule has 1 aliphatic rings. The summed E-state index contributed by atoms with van der Waals surface area (Å²) in [5.41, 5.74) is -1.15. The summed E-state index contributed by atoms with van der Waals surface area (Å²) in [5, 5.41) is 12.0. The van der Waals surface area contributed by atoms with Crippen LogP contribution in [0.2, 0.25) is 10.2 Å². The maximum atomic E-state index is 14.1. The van der Waals surface area contributed by atoms with Crippen LogP contribution >= 0.6 is 39.1 Å². The number of hydrogen-bond donors (Lipinski definition) is 1. The Labute approximate surface area is 190 Å². The number of rotatable bonds is 4. The van der Waals surface area contributed by atoms with Gasteiger partial charge in [-0.25, -0.2) is 9.37 Å². The molecule has 154 valence electrons. The number of amides is 1. The highest BCUT2D eigenvalue weighted by Gasteiger charge is 2.53. The smallest absolute Gasteiger partial charge is 0.260 e. The van der Waals surface area contributed by atoms with Crippen LogP contribution in [0.3, 0.4) is 0 Å². The van der Waals surface area contributed by atoms with E-state index in [0.717, 1.165) is 6.07 Å². The standard InChI is InChI=1S/C21H14BrCl2FN2O3/c1-30-13-5-2-11(3-6-13)10-27-20(28)17-18(15(22)9-26-19(17)24)21(27,29)14-8-12(25)4-7-16(14)23/h2-9,29H,10H2,1H3. The van der Waals surface area contributed by atoms with E-state index in [1.807, 2.05) is 0 Å². The van der Waals surface area contributed by atoms with Gasteiger partial charge < -0.3 is 9.84 Å². The minimum atomic E-state index is -2.07. The predicted molar refractivity (Wildman–Crippen MR) is 114 cm³/mol. The number of carbonyl (C=O) groups is 1. The number of benzene rings is 2. The van der Waals surface area contributed by atoms with Crippen LogP contribution in [-0.2, 0) is 12.3 Å². The van der Waals surface area contributed by atoms with E-state index < -0.39 is 17.4 Å². The van der Waals surface area contributed by atoms with Crippen molar-refractivity contribution in [2.24, 2.45) is 0 Å². The molecule has 1 amide bonds. The van der Waals surface area contributed by atoms with Crippen LogP contribution in [0.5, 0.6) is 5.75 Å². The lowest BCUT2D eigenvalue weighted by atomic mass is 9.94. The van der Waals surface area contributed by atoms with Gasteiger partial charge in [0.15, 0.2) is 5.72 Å². The number of halogens is 4. The molecule has 30 heavy (non-hydrogen) atoms. The molecule has 0 radical (unpaired) electrons. The second kappa shape index (κ2) is 7.81. The van der Waals surface area contributed by atoms with Gasteiger partial charge in [-0.15, -0.1) is 0 Å². The van der Waals surface area contributed by atoms with Gasteiger partial charge in [-0.1, -0.05) is 35.3 Å². The van der Waals surface area contributed by atoms with Crippen LogP contribution in [0.25, 0.3) is 0 Å². The Kier molecular flexibility index (Phi) is 5.48. The Balaban J connectivity index is 1.93. The number of aromatic nitrogens is 1. The summed E-state index contributed by atoms with van der Waals surface area (Å²) in [6.07, 6.45) is 1.38. The average molecular weight is 512 g/mol. The fraction of sp³-hybridized carbons (Fsp3) is 0.143. The zero-order valence-electron chi connectivity index (χ0n) is 15.5. The van der Waals surface area contributed by atoms with Crippen molar-refractivity contribution < 1.29 is 19.0 Å². The zero-order valence-corrected chi connectivity index (χ0v) is 18.6. The third-order valence-corrected chi connectivity index (χ3v) is 6.21. The van der Waals surface area contributed by atoms with Gasteiger partial charge in [-0.05, 0) is 51.8 Å². The Morgan fingerprint density at radius 2 is 1.93 bits per heavy atom. The van der Waals surface area contributed by atoms with E-state index in [2.05, 4.69) is 20.9 Å². The van der Waals surface area contributed by atoms with Crippen molar-refractivity contribution >= 4 is 45.0 Å². The summed E-state index contributed by atoms with van der Waals surface area (Å²) in [7, 11) is 1.55. The van der Waals surface area contributed by atoms with Gasteiger partial charge in [-0.3, -0.25) is 9.69 Å². The van der Waals surface area contributed by atoms with E-state index in [-0.39, 0.29) is 33.4 Å². The third-order valence-electron chi connectivity index (χ3n) is 4.99. The van der Waals surface area contributed by atoms with Gasteiger partial charge in [0.25, 0.3) is 5.91 Å². The SMILES string of the molecule is COc1ccc(CN2C(=O)c3c(Cl)ncc(Br)c3C2(O)c2cc(F)ccc2Cl)cc1. The zero-order chi connectivity index (χ0) is 21.6. The molecule has 0 aliphatic carbocycles. The molecule has 1 aromatic heterocycles. The number of pyridine rings is 1. The van der Waals surface area contributed by atoms with E-state index >= 15 is 0 Å². The normalized spacial score (nSPS) is 17.9. The topological polar surface area (TPSA) is 62.7 Å². The first-order valence-corrected chi connectivity index (χ1v) is 10.3. The first kappa shape index (κ1) is 21.1. The first-order valence-electron chi connectivity index (χ1n) is 8.74. The fourth-order valence-electron chi connectivity index (χ4n) is 3.56. The Morgan fingerprint density at radius 3 is 2.60 bits per heavy atom. The van der Waals surface area contributed by atoms with E-state index in [1.165, 1.54) is 23.2 Å². The average Bonchev–Trinajstić information content (AvgIpc) is 2.96. The van der Waals surface area contributed by atoms with E-state index in [4.69, 9.17) is 27.9 Å². The Hall–Kier alpha value is -2.19. The van der Waals surface area contributed by atoms with E-state index in [1.54, 1.807) is 31.4 Å². The summed E-state index contributed by atoms with van der Waals surface area (Å²) in [6, 6.07) is 10.6. The number of ether oxygens (including phenoxy) is 1. The molecule has 0 saturated carbocycles. The molecule has 2 heterocycles. The van der Waals surface area contributed by atoms with Crippen molar-refractivity contribution in [3.05, 3.63) is 91.4 Å². The number of hydrogen-bond acceptors (Lipinski definition) is 4. The maximum Gasteiger partial charge on any atom is 0.260 e. The Bertz CT molecular complexity index is 1160. The molecule has 4 rings (SSSR count). The van der Waals surface area contributed by atoms with Crippen LogP contribution in [0, 0.1) is 5.82 Å². The molecule has 2 aromatic carbocycles. The molecule has 3 aromatic rings. The maximum absolute atomic E-state index is 14.1. The summed E-state index contributed by atoms with van der Waals surface area (Å²) in [4.78, 5) is 18.5. The number of fused-ring (bicyclic) bond motifs is 1. The molecule has 0 bridgehead atoms. The highest BCUT2D eigenvalue weighted by atomic mass is 79.9. The highest BCUT2D eigenvalue weighted by Crippen LogP contribution is 2.49. The number of aliphatic hydroxyl groups is 1. The minimum absolute atomic E-state index is 0.00359. The molecular formula is C21H14BrCl2FN2O3. The molecule has 0 fully saturated rings. The predicted octanol–water partition coefficient (Wildman–Crippen LogP) is 5.15. The summed E-state index contributed by atoms with van der Waals surface area (Å²) < 4.78 is 19.6. The van der Waals surface area contributed by atoms with Gasteiger partial charge in [0, 0.05) is 33.4 Å². The molecule has 1 unspecified atom stereocenters. The lowest BCUT2D eigenvalue weighted by Crippen LogP contribution is -2.44. The van der Waals surface area contributed by atoms with Crippen molar-refractivity contribution in [3.8, 4) is 5.75 Å².